The topological polar surface area (TPSA) is 49.4 Å². The number of para-hydroxylation sites is 1. The zero-order chi connectivity index (χ0) is 14.7. The molecule has 108 valence electrons. The van der Waals surface area contributed by atoms with Crippen LogP contribution < -0.4 is 5.32 Å². The number of rotatable bonds is 2. The second kappa shape index (κ2) is 6.07. The van der Waals surface area contributed by atoms with Gasteiger partial charge < -0.3 is 10.2 Å². The number of piperidine rings is 1. The Labute approximate surface area is 120 Å². The molecule has 0 radical (unpaired) electrons. The molecule has 1 atom stereocenters. The van der Waals surface area contributed by atoms with Crippen LogP contribution in [0.25, 0.3) is 0 Å². The summed E-state index contributed by atoms with van der Waals surface area (Å²) >= 11 is 0. The summed E-state index contributed by atoms with van der Waals surface area (Å²) in [7, 11) is 0. The van der Waals surface area contributed by atoms with Gasteiger partial charge in [0, 0.05) is 19.2 Å². The highest BCUT2D eigenvalue weighted by Crippen LogP contribution is 2.23. The van der Waals surface area contributed by atoms with Gasteiger partial charge in [0.25, 0.3) is 0 Å². The van der Waals surface area contributed by atoms with Gasteiger partial charge in [0.1, 0.15) is 6.04 Å². The van der Waals surface area contributed by atoms with E-state index in [-0.39, 0.29) is 17.9 Å². The Bertz CT molecular complexity index is 505. The molecule has 20 heavy (non-hydrogen) atoms. The fourth-order valence-electron chi connectivity index (χ4n) is 2.80. The number of carbonyl (C=O) groups excluding carboxylic acids is 2. The second-order valence-electron chi connectivity index (χ2n) is 5.48. The van der Waals surface area contributed by atoms with Crippen molar-refractivity contribution in [2.24, 2.45) is 0 Å². The number of anilines is 1. The number of hydrogen-bond acceptors (Lipinski definition) is 2. The van der Waals surface area contributed by atoms with Crippen LogP contribution in [0.5, 0.6) is 0 Å². The minimum absolute atomic E-state index is 0.0219. The molecule has 1 aliphatic rings. The van der Waals surface area contributed by atoms with Crippen molar-refractivity contribution in [1.82, 2.24) is 4.90 Å². The number of nitrogens with zero attached hydrogens (tertiary/aromatic N) is 1. The lowest BCUT2D eigenvalue weighted by atomic mass is 10.0. The quantitative estimate of drug-likeness (QED) is 0.901. The highest BCUT2D eigenvalue weighted by atomic mass is 16.2. The first kappa shape index (κ1) is 14.6. The summed E-state index contributed by atoms with van der Waals surface area (Å²) < 4.78 is 0. The fraction of sp³-hybridized carbons (Fsp3) is 0.500. The summed E-state index contributed by atoms with van der Waals surface area (Å²) in [5, 5.41) is 3.00. The van der Waals surface area contributed by atoms with Gasteiger partial charge in [-0.05, 0) is 44.2 Å². The molecule has 0 saturated carbocycles. The Hall–Kier alpha value is -1.84. The summed E-state index contributed by atoms with van der Waals surface area (Å²) in [6, 6.07) is 5.60. The number of amides is 2. The van der Waals surface area contributed by atoms with E-state index < -0.39 is 0 Å². The second-order valence-corrected chi connectivity index (χ2v) is 5.48. The van der Waals surface area contributed by atoms with Crippen LogP contribution in [0.15, 0.2) is 18.2 Å². The van der Waals surface area contributed by atoms with Gasteiger partial charge in [0.2, 0.25) is 11.8 Å². The smallest absolute Gasteiger partial charge is 0.247 e. The molecule has 2 amide bonds. The Kier molecular flexibility index (Phi) is 4.42. The van der Waals surface area contributed by atoms with E-state index in [1.165, 1.54) is 6.92 Å². The summed E-state index contributed by atoms with van der Waals surface area (Å²) in [5.41, 5.74) is 2.96. The Morgan fingerprint density at radius 3 is 2.45 bits per heavy atom. The maximum atomic E-state index is 12.5. The molecular formula is C16H22N2O2. The first-order chi connectivity index (χ1) is 9.50. The summed E-state index contributed by atoms with van der Waals surface area (Å²) in [5.74, 6) is -0.0938. The van der Waals surface area contributed by atoms with E-state index in [9.17, 15) is 9.59 Å². The molecule has 0 aliphatic carbocycles. The van der Waals surface area contributed by atoms with E-state index in [4.69, 9.17) is 0 Å². The van der Waals surface area contributed by atoms with Crippen LogP contribution in [-0.4, -0.2) is 29.3 Å². The van der Waals surface area contributed by atoms with Crippen LogP contribution in [-0.2, 0) is 9.59 Å². The van der Waals surface area contributed by atoms with Gasteiger partial charge in [0.05, 0.1) is 0 Å². The molecule has 0 bridgehead atoms. The SMILES string of the molecule is CC(=O)N1CCCCC1C(=O)Nc1c(C)cccc1C. The van der Waals surface area contributed by atoms with Gasteiger partial charge in [-0.25, -0.2) is 0 Å². The van der Waals surface area contributed by atoms with Crippen LogP contribution in [0.3, 0.4) is 0 Å². The minimum atomic E-state index is -0.333. The average molecular weight is 274 g/mol. The van der Waals surface area contributed by atoms with Gasteiger partial charge in [-0.1, -0.05) is 18.2 Å². The van der Waals surface area contributed by atoms with Crippen LogP contribution in [0.1, 0.15) is 37.3 Å². The lowest BCUT2D eigenvalue weighted by Gasteiger charge is -2.34. The molecule has 1 aliphatic heterocycles. The molecule has 1 unspecified atom stereocenters. The molecule has 2 rings (SSSR count). The number of nitrogens with one attached hydrogen (secondary N) is 1. The molecule has 1 fully saturated rings. The van der Waals surface area contributed by atoms with Gasteiger partial charge in [-0.2, -0.15) is 0 Å². The molecule has 0 spiro atoms. The van der Waals surface area contributed by atoms with Crippen LogP contribution in [0.2, 0.25) is 0 Å². The third-order valence-electron chi connectivity index (χ3n) is 3.94. The molecule has 1 aromatic carbocycles. The molecule has 1 N–H and O–H groups in total. The van der Waals surface area contributed by atoms with Crippen molar-refractivity contribution in [1.29, 1.82) is 0 Å². The van der Waals surface area contributed by atoms with Gasteiger partial charge in [0.15, 0.2) is 0 Å². The summed E-state index contributed by atoms with van der Waals surface area (Å²) in [6.45, 7) is 6.17. The van der Waals surface area contributed by atoms with Crippen molar-refractivity contribution in [3.8, 4) is 0 Å². The Balaban J connectivity index is 2.16. The predicted octanol–water partition coefficient (Wildman–Crippen LogP) is 2.64. The van der Waals surface area contributed by atoms with Crippen molar-refractivity contribution >= 4 is 17.5 Å². The molecule has 0 aromatic heterocycles. The van der Waals surface area contributed by atoms with E-state index in [1.54, 1.807) is 4.90 Å². The molecule has 4 heteroatoms. The lowest BCUT2D eigenvalue weighted by molar-refractivity contribution is -0.138. The standard InChI is InChI=1S/C16H22N2O2/c1-11-7-6-8-12(2)15(11)17-16(20)14-9-4-5-10-18(14)13(3)19/h6-8,14H,4-5,9-10H2,1-3H3,(H,17,20). The number of benzene rings is 1. The maximum Gasteiger partial charge on any atom is 0.247 e. The van der Waals surface area contributed by atoms with Crippen molar-refractivity contribution in [3.05, 3.63) is 29.3 Å². The van der Waals surface area contributed by atoms with Crippen molar-refractivity contribution in [2.45, 2.75) is 46.1 Å². The number of carbonyl (C=O) groups is 2. The Morgan fingerprint density at radius 2 is 1.85 bits per heavy atom. The maximum absolute atomic E-state index is 12.5. The van der Waals surface area contributed by atoms with E-state index in [2.05, 4.69) is 5.32 Å². The summed E-state index contributed by atoms with van der Waals surface area (Å²) in [6.07, 6.45) is 2.72. The third-order valence-corrected chi connectivity index (χ3v) is 3.94. The molecule has 4 nitrogen and oxygen atoms in total. The average Bonchev–Trinajstić information content (AvgIpc) is 2.43. The number of likely N-dealkylation sites (tertiary alicyclic amines) is 1. The van der Waals surface area contributed by atoms with E-state index in [0.717, 1.165) is 36.1 Å². The molecule has 1 saturated heterocycles. The van der Waals surface area contributed by atoms with Gasteiger partial charge in [-0.3, -0.25) is 9.59 Å². The highest BCUT2D eigenvalue weighted by Gasteiger charge is 2.30. The van der Waals surface area contributed by atoms with Crippen molar-refractivity contribution in [3.63, 3.8) is 0 Å². The van der Waals surface area contributed by atoms with Gasteiger partial charge >= 0.3 is 0 Å². The third kappa shape index (κ3) is 3.00. The normalized spacial score (nSPS) is 18.8. The number of aryl methyl sites for hydroxylation is 2. The number of hydrogen-bond donors (Lipinski definition) is 1. The Morgan fingerprint density at radius 1 is 1.20 bits per heavy atom. The first-order valence-electron chi connectivity index (χ1n) is 7.15. The first-order valence-corrected chi connectivity index (χ1v) is 7.15. The van der Waals surface area contributed by atoms with Crippen LogP contribution >= 0.6 is 0 Å². The van der Waals surface area contributed by atoms with Crippen molar-refractivity contribution < 1.29 is 9.59 Å². The monoisotopic (exact) mass is 274 g/mol. The fourth-order valence-corrected chi connectivity index (χ4v) is 2.80. The zero-order valence-corrected chi connectivity index (χ0v) is 12.4. The largest absolute Gasteiger partial charge is 0.331 e. The summed E-state index contributed by atoms with van der Waals surface area (Å²) in [4.78, 5) is 25.8. The van der Waals surface area contributed by atoms with E-state index >= 15 is 0 Å². The minimum Gasteiger partial charge on any atom is -0.331 e. The lowest BCUT2D eigenvalue weighted by Crippen LogP contribution is -2.49. The van der Waals surface area contributed by atoms with Crippen LogP contribution in [0, 0.1) is 13.8 Å². The zero-order valence-electron chi connectivity index (χ0n) is 12.4. The van der Waals surface area contributed by atoms with Gasteiger partial charge in [-0.15, -0.1) is 0 Å². The predicted molar refractivity (Wildman–Crippen MR) is 79.6 cm³/mol. The van der Waals surface area contributed by atoms with E-state index in [0.29, 0.717) is 6.54 Å². The van der Waals surface area contributed by atoms with Crippen LogP contribution in [0.4, 0.5) is 5.69 Å². The van der Waals surface area contributed by atoms with E-state index in [1.807, 2.05) is 32.0 Å². The molecular weight excluding hydrogens is 252 g/mol. The molecule has 1 heterocycles. The molecule has 1 aromatic rings. The highest BCUT2D eigenvalue weighted by molar-refractivity contribution is 5.98. The van der Waals surface area contributed by atoms with Crippen molar-refractivity contribution in [2.75, 3.05) is 11.9 Å².